The van der Waals surface area contributed by atoms with Crippen molar-refractivity contribution in [3.63, 3.8) is 0 Å². The van der Waals surface area contributed by atoms with E-state index in [1.54, 1.807) is 4.90 Å². The predicted octanol–water partition coefficient (Wildman–Crippen LogP) is 3.13. The van der Waals surface area contributed by atoms with Gasteiger partial charge in [-0.05, 0) is 24.1 Å². The van der Waals surface area contributed by atoms with Gasteiger partial charge in [0.15, 0.2) is 17.5 Å². The lowest BCUT2D eigenvalue weighted by atomic mass is 10.1. The quantitative estimate of drug-likeness (QED) is 0.831. The van der Waals surface area contributed by atoms with Gasteiger partial charge in [-0.25, -0.2) is 13.2 Å². The Morgan fingerprint density at radius 2 is 1.81 bits per heavy atom. The molecule has 0 radical (unpaired) electrons. The summed E-state index contributed by atoms with van der Waals surface area (Å²) >= 11 is 0. The zero-order valence-electron chi connectivity index (χ0n) is 13.8. The largest absolute Gasteiger partial charge is 0.342 e. The van der Waals surface area contributed by atoms with Gasteiger partial charge in [-0.3, -0.25) is 9.59 Å². The van der Waals surface area contributed by atoms with Crippen LogP contribution in [0.1, 0.15) is 12.0 Å². The van der Waals surface area contributed by atoms with E-state index < -0.39 is 35.0 Å². The number of amides is 2. The summed E-state index contributed by atoms with van der Waals surface area (Å²) in [6.07, 6.45) is 0.671. The molecule has 2 aromatic rings. The molecule has 2 amide bonds. The molecule has 1 atom stereocenters. The SMILES string of the molecule is O=C(Nc1ccc(F)c(F)c1F)C1CC(=O)N(CCc2ccccc2)C1. The van der Waals surface area contributed by atoms with Crippen molar-refractivity contribution in [1.82, 2.24) is 4.90 Å². The van der Waals surface area contributed by atoms with Gasteiger partial charge >= 0.3 is 0 Å². The van der Waals surface area contributed by atoms with Crippen molar-refractivity contribution in [2.24, 2.45) is 5.92 Å². The number of benzene rings is 2. The normalized spacial score (nSPS) is 16.8. The molecule has 1 heterocycles. The third kappa shape index (κ3) is 3.87. The van der Waals surface area contributed by atoms with Gasteiger partial charge in [-0.2, -0.15) is 0 Å². The van der Waals surface area contributed by atoms with Crippen LogP contribution in [0, 0.1) is 23.4 Å². The first-order valence-electron chi connectivity index (χ1n) is 8.21. The number of anilines is 1. The highest BCUT2D eigenvalue weighted by molar-refractivity contribution is 5.97. The summed E-state index contributed by atoms with van der Waals surface area (Å²) in [5.74, 6) is -5.84. The Labute approximate surface area is 148 Å². The Bertz CT molecular complexity index is 827. The smallest absolute Gasteiger partial charge is 0.229 e. The molecule has 1 aliphatic rings. The average Bonchev–Trinajstić information content (AvgIpc) is 3.02. The molecule has 1 aliphatic heterocycles. The van der Waals surface area contributed by atoms with Crippen LogP contribution < -0.4 is 5.32 Å². The first-order valence-corrected chi connectivity index (χ1v) is 8.21. The number of hydrogen-bond donors (Lipinski definition) is 1. The number of hydrogen-bond acceptors (Lipinski definition) is 2. The standard InChI is InChI=1S/C19H17F3N2O2/c20-14-6-7-15(18(22)17(14)21)23-19(26)13-10-16(25)24(11-13)9-8-12-4-2-1-3-5-12/h1-7,13H,8-11H2,(H,23,26). The van der Waals surface area contributed by atoms with Gasteiger partial charge in [0.1, 0.15) is 0 Å². The number of carbonyl (C=O) groups is 2. The molecule has 1 fully saturated rings. The van der Waals surface area contributed by atoms with Gasteiger partial charge < -0.3 is 10.2 Å². The van der Waals surface area contributed by atoms with Gasteiger partial charge in [0.2, 0.25) is 11.8 Å². The van der Waals surface area contributed by atoms with Gasteiger partial charge in [0, 0.05) is 19.5 Å². The second kappa shape index (κ2) is 7.59. The van der Waals surface area contributed by atoms with Crippen LogP contribution in [0.2, 0.25) is 0 Å². The van der Waals surface area contributed by atoms with E-state index in [1.165, 1.54) is 0 Å². The third-order valence-corrected chi connectivity index (χ3v) is 4.39. The summed E-state index contributed by atoms with van der Waals surface area (Å²) in [4.78, 5) is 25.9. The van der Waals surface area contributed by atoms with Crippen LogP contribution in [0.3, 0.4) is 0 Å². The summed E-state index contributed by atoms with van der Waals surface area (Å²) in [7, 11) is 0. The zero-order valence-corrected chi connectivity index (χ0v) is 13.8. The van der Waals surface area contributed by atoms with E-state index in [1.807, 2.05) is 30.3 Å². The van der Waals surface area contributed by atoms with E-state index in [2.05, 4.69) is 5.32 Å². The van der Waals surface area contributed by atoms with Crippen molar-refractivity contribution in [1.29, 1.82) is 0 Å². The van der Waals surface area contributed by atoms with Gasteiger partial charge in [-0.1, -0.05) is 30.3 Å². The van der Waals surface area contributed by atoms with Crippen LogP contribution >= 0.6 is 0 Å². The molecule has 0 aromatic heterocycles. The molecular weight excluding hydrogens is 345 g/mol. The Balaban J connectivity index is 1.59. The van der Waals surface area contributed by atoms with Crippen molar-refractivity contribution in [2.75, 3.05) is 18.4 Å². The van der Waals surface area contributed by atoms with Gasteiger partial charge in [-0.15, -0.1) is 0 Å². The highest BCUT2D eigenvalue weighted by Gasteiger charge is 2.34. The molecule has 4 nitrogen and oxygen atoms in total. The summed E-state index contributed by atoms with van der Waals surface area (Å²) in [6.45, 7) is 0.689. The van der Waals surface area contributed by atoms with Crippen molar-refractivity contribution < 1.29 is 22.8 Å². The second-order valence-electron chi connectivity index (χ2n) is 6.19. The summed E-state index contributed by atoms with van der Waals surface area (Å²) in [6, 6.07) is 11.3. The summed E-state index contributed by atoms with van der Waals surface area (Å²) in [5, 5.41) is 2.24. The molecule has 1 N–H and O–H groups in total. The minimum Gasteiger partial charge on any atom is -0.342 e. The zero-order chi connectivity index (χ0) is 18.7. The molecule has 3 rings (SSSR count). The monoisotopic (exact) mass is 362 g/mol. The fourth-order valence-corrected chi connectivity index (χ4v) is 2.93. The molecule has 26 heavy (non-hydrogen) atoms. The molecule has 1 saturated heterocycles. The molecule has 1 unspecified atom stereocenters. The maximum absolute atomic E-state index is 13.7. The number of nitrogens with one attached hydrogen (secondary N) is 1. The minimum absolute atomic E-state index is 0.00587. The van der Waals surface area contributed by atoms with Crippen molar-refractivity contribution in [3.05, 3.63) is 65.5 Å². The second-order valence-corrected chi connectivity index (χ2v) is 6.19. The topological polar surface area (TPSA) is 49.4 Å². The first-order chi connectivity index (χ1) is 12.5. The van der Waals surface area contributed by atoms with Gasteiger partial charge in [0.25, 0.3) is 0 Å². The Morgan fingerprint density at radius 3 is 2.54 bits per heavy atom. The Morgan fingerprint density at radius 1 is 1.08 bits per heavy atom. The molecule has 7 heteroatoms. The summed E-state index contributed by atoms with van der Waals surface area (Å²) in [5.41, 5.74) is 0.640. The average molecular weight is 362 g/mol. The Hall–Kier alpha value is -2.83. The van der Waals surface area contributed by atoms with Crippen molar-refractivity contribution in [2.45, 2.75) is 12.8 Å². The molecular formula is C19H17F3N2O2. The molecule has 136 valence electrons. The minimum atomic E-state index is -1.64. The fraction of sp³-hybridized carbons (Fsp3) is 0.263. The Kier molecular flexibility index (Phi) is 5.25. The molecule has 2 aromatic carbocycles. The fourth-order valence-electron chi connectivity index (χ4n) is 2.93. The number of halogens is 3. The van der Waals surface area contributed by atoms with Crippen LogP contribution in [0.5, 0.6) is 0 Å². The van der Waals surface area contributed by atoms with Crippen LogP contribution in [0.4, 0.5) is 18.9 Å². The highest BCUT2D eigenvalue weighted by atomic mass is 19.2. The van der Waals surface area contributed by atoms with E-state index in [0.717, 1.165) is 17.7 Å². The molecule has 0 spiro atoms. The van der Waals surface area contributed by atoms with E-state index in [4.69, 9.17) is 0 Å². The highest BCUT2D eigenvalue weighted by Crippen LogP contribution is 2.23. The maximum Gasteiger partial charge on any atom is 0.229 e. The van der Waals surface area contributed by atoms with E-state index in [0.29, 0.717) is 13.0 Å². The predicted molar refractivity (Wildman–Crippen MR) is 89.8 cm³/mol. The van der Waals surface area contributed by atoms with Crippen LogP contribution in [0.15, 0.2) is 42.5 Å². The van der Waals surface area contributed by atoms with Crippen LogP contribution in [-0.2, 0) is 16.0 Å². The molecule has 0 aliphatic carbocycles. The lowest BCUT2D eigenvalue weighted by Crippen LogP contribution is -2.30. The molecule has 0 bridgehead atoms. The first kappa shape index (κ1) is 18.0. The van der Waals surface area contributed by atoms with E-state index >= 15 is 0 Å². The lowest BCUT2D eigenvalue weighted by Gasteiger charge is -2.16. The van der Waals surface area contributed by atoms with E-state index in [-0.39, 0.29) is 18.9 Å². The lowest BCUT2D eigenvalue weighted by molar-refractivity contribution is -0.128. The number of carbonyl (C=O) groups excluding carboxylic acids is 2. The van der Waals surface area contributed by atoms with Crippen molar-refractivity contribution >= 4 is 17.5 Å². The summed E-state index contributed by atoms with van der Waals surface area (Å²) < 4.78 is 39.9. The van der Waals surface area contributed by atoms with Crippen LogP contribution in [0.25, 0.3) is 0 Å². The number of rotatable bonds is 5. The number of nitrogens with zero attached hydrogens (tertiary/aromatic N) is 1. The van der Waals surface area contributed by atoms with Gasteiger partial charge in [0.05, 0.1) is 11.6 Å². The number of likely N-dealkylation sites (tertiary alicyclic amines) is 1. The van der Waals surface area contributed by atoms with Crippen LogP contribution in [-0.4, -0.2) is 29.8 Å². The van der Waals surface area contributed by atoms with E-state index in [9.17, 15) is 22.8 Å². The molecule has 0 saturated carbocycles. The third-order valence-electron chi connectivity index (χ3n) is 4.39. The van der Waals surface area contributed by atoms with Crippen molar-refractivity contribution in [3.8, 4) is 0 Å². The maximum atomic E-state index is 13.7.